The van der Waals surface area contributed by atoms with Gasteiger partial charge < -0.3 is 14.2 Å². The molecular formula is C63H120O6. The Kier molecular flexibility index (Phi) is 57.1. The van der Waals surface area contributed by atoms with Crippen molar-refractivity contribution >= 4 is 17.9 Å². The van der Waals surface area contributed by atoms with Crippen LogP contribution in [0.1, 0.15) is 355 Å². The summed E-state index contributed by atoms with van der Waals surface area (Å²) in [5, 5.41) is 0. The van der Waals surface area contributed by atoms with Crippen molar-refractivity contribution in [3.8, 4) is 0 Å². The minimum Gasteiger partial charge on any atom is -0.462 e. The first-order chi connectivity index (χ1) is 34.0. The lowest BCUT2D eigenvalue weighted by Gasteiger charge is -2.18. The Morgan fingerprint density at radius 2 is 0.478 bits per heavy atom. The average Bonchev–Trinajstić information content (AvgIpc) is 3.35. The maximum Gasteiger partial charge on any atom is 0.306 e. The summed E-state index contributed by atoms with van der Waals surface area (Å²) in [4.78, 5) is 38.2. The summed E-state index contributed by atoms with van der Waals surface area (Å²) in [7, 11) is 0. The molecule has 0 heterocycles. The molecule has 0 aromatic carbocycles. The summed E-state index contributed by atoms with van der Waals surface area (Å²) in [5.41, 5.74) is 0. The number of hydrogen-bond acceptors (Lipinski definition) is 6. The van der Waals surface area contributed by atoms with Gasteiger partial charge in [-0.15, -0.1) is 0 Å². The fourth-order valence-corrected chi connectivity index (χ4v) is 9.56. The molecule has 0 N–H and O–H groups in total. The van der Waals surface area contributed by atoms with E-state index in [0.717, 1.165) is 57.8 Å². The Hall–Kier alpha value is -1.85. The van der Waals surface area contributed by atoms with E-state index in [1.807, 2.05) is 0 Å². The molecule has 0 amide bonds. The molecule has 0 bridgehead atoms. The van der Waals surface area contributed by atoms with Gasteiger partial charge in [0.25, 0.3) is 0 Å². The Labute approximate surface area is 431 Å². The Balaban J connectivity index is 4.20. The molecule has 0 aromatic rings. The van der Waals surface area contributed by atoms with Crippen molar-refractivity contribution in [2.45, 2.75) is 361 Å². The first-order valence-electron chi connectivity index (χ1n) is 31.2. The number of esters is 3. The predicted octanol–water partition coefficient (Wildman–Crippen LogP) is 20.9. The second-order valence-corrected chi connectivity index (χ2v) is 21.3. The van der Waals surface area contributed by atoms with E-state index in [1.165, 1.54) is 257 Å². The van der Waals surface area contributed by atoms with E-state index >= 15 is 0 Å². The molecule has 0 saturated carbocycles. The van der Waals surface area contributed by atoms with Gasteiger partial charge in [-0.2, -0.15) is 0 Å². The minimum absolute atomic E-state index is 0.0642. The number of carbonyl (C=O) groups is 3. The van der Waals surface area contributed by atoms with Crippen LogP contribution in [-0.4, -0.2) is 37.2 Å². The molecule has 0 aliphatic carbocycles. The lowest BCUT2D eigenvalue weighted by atomic mass is 10.0. The quantitative estimate of drug-likeness (QED) is 0.0261. The van der Waals surface area contributed by atoms with Crippen LogP contribution in [0.4, 0.5) is 0 Å². The molecule has 69 heavy (non-hydrogen) atoms. The first-order valence-corrected chi connectivity index (χ1v) is 31.2. The van der Waals surface area contributed by atoms with Gasteiger partial charge in [0.15, 0.2) is 6.10 Å². The van der Waals surface area contributed by atoms with Crippen LogP contribution in [0.2, 0.25) is 0 Å². The average molecular weight is 974 g/mol. The van der Waals surface area contributed by atoms with Crippen LogP contribution >= 0.6 is 0 Å². The van der Waals surface area contributed by atoms with E-state index in [0.29, 0.717) is 19.3 Å². The van der Waals surface area contributed by atoms with E-state index in [4.69, 9.17) is 14.2 Å². The third kappa shape index (κ3) is 56.9. The monoisotopic (exact) mass is 973 g/mol. The highest BCUT2D eigenvalue weighted by Gasteiger charge is 2.19. The summed E-state index contributed by atoms with van der Waals surface area (Å²) >= 11 is 0. The number of ether oxygens (including phenoxy) is 3. The number of carbonyl (C=O) groups excluding carboxylic acids is 3. The van der Waals surface area contributed by atoms with Gasteiger partial charge in [0, 0.05) is 19.3 Å². The number of unbranched alkanes of at least 4 members (excludes halogenated alkanes) is 45. The molecule has 0 aliphatic rings. The van der Waals surface area contributed by atoms with Crippen molar-refractivity contribution in [3.63, 3.8) is 0 Å². The zero-order valence-corrected chi connectivity index (χ0v) is 46.9. The van der Waals surface area contributed by atoms with Crippen molar-refractivity contribution in [1.82, 2.24) is 0 Å². The van der Waals surface area contributed by atoms with Crippen molar-refractivity contribution in [2.24, 2.45) is 0 Å². The molecule has 0 fully saturated rings. The van der Waals surface area contributed by atoms with Gasteiger partial charge in [-0.25, -0.2) is 0 Å². The molecule has 0 spiro atoms. The van der Waals surface area contributed by atoms with Crippen LogP contribution in [0.3, 0.4) is 0 Å². The predicted molar refractivity (Wildman–Crippen MR) is 298 cm³/mol. The van der Waals surface area contributed by atoms with Gasteiger partial charge in [-0.1, -0.05) is 303 Å². The molecule has 6 heteroatoms. The number of rotatable bonds is 58. The molecule has 1 atom stereocenters. The van der Waals surface area contributed by atoms with Crippen LogP contribution in [0.15, 0.2) is 12.2 Å². The maximum absolute atomic E-state index is 12.8. The molecule has 0 saturated heterocycles. The summed E-state index contributed by atoms with van der Waals surface area (Å²) in [5.74, 6) is -0.840. The van der Waals surface area contributed by atoms with Crippen molar-refractivity contribution in [3.05, 3.63) is 12.2 Å². The molecule has 0 aromatic heterocycles. The highest BCUT2D eigenvalue weighted by atomic mass is 16.6. The summed E-state index contributed by atoms with van der Waals surface area (Å²) in [6.45, 7) is 6.70. The molecule has 408 valence electrons. The topological polar surface area (TPSA) is 78.9 Å². The fourth-order valence-electron chi connectivity index (χ4n) is 9.56. The van der Waals surface area contributed by atoms with Crippen LogP contribution in [0.5, 0.6) is 0 Å². The minimum atomic E-state index is -0.765. The lowest BCUT2D eigenvalue weighted by molar-refractivity contribution is -0.167. The second kappa shape index (κ2) is 58.7. The van der Waals surface area contributed by atoms with Gasteiger partial charge in [-0.05, 0) is 44.9 Å². The zero-order valence-electron chi connectivity index (χ0n) is 46.9. The van der Waals surface area contributed by atoms with Crippen molar-refractivity contribution < 1.29 is 28.6 Å². The molecular weight excluding hydrogens is 853 g/mol. The van der Waals surface area contributed by atoms with Crippen LogP contribution in [0.25, 0.3) is 0 Å². The highest BCUT2D eigenvalue weighted by molar-refractivity contribution is 5.71. The van der Waals surface area contributed by atoms with E-state index in [-0.39, 0.29) is 31.1 Å². The van der Waals surface area contributed by atoms with Crippen molar-refractivity contribution in [1.29, 1.82) is 0 Å². The Morgan fingerprint density at radius 3 is 0.725 bits per heavy atom. The zero-order chi connectivity index (χ0) is 50.0. The molecule has 6 nitrogen and oxygen atoms in total. The standard InChI is InChI=1S/C63H120O6/c1-4-7-10-13-16-19-22-24-26-28-30-31-33-35-37-39-42-44-47-50-53-56-62(65)68-59-60(69-63(66)57-54-51-48-45-40-21-18-15-12-9-6-3)58-67-61(64)55-52-49-46-43-41-38-36-34-32-29-27-25-23-20-17-14-11-8-5-2/h25,27,60H,4-24,26,28-59H2,1-3H3/b27-25-/t60-/m1/s1. The summed E-state index contributed by atoms with van der Waals surface area (Å²) in [6, 6.07) is 0. The molecule has 0 rings (SSSR count). The third-order valence-corrected chi connectivity index (χ3v) is 14.3. The summed E-state index contributed by atoms with van der Waals surface area (Å²) in [6.07, 6.45) is 67.9. The van der Waals surface area contributed by atoms with Gasteiger partial charge in [0.05, 0.1) is 0 Å². The van der Waals surface area contributed by atoms with Crippen LogP contribution in [-0.2, 0) is 28.6 Å². The van der Waals surface area contributed by atoms with Crippen LogP contribution < -0.4 is 0 Å². The van der Waals surface area contributed by atoms with E-state index in [1.54, 1.807) is 0 Å². The van der Waals surface area contributed by atoms with Gasteiger partial charge >= 0.3 is 17.9 Å². The number of allylic oxidation sites excluding steroid dienone is 2. The molecule has 0 aliphatic heterocycles. The lowest BCUT2D eigenvalue weighted by Crippen LogP contribution is -2.30. The smallest absolute Gasteiger partial charge is 0.306 e. The molecule has 0 unspecified atom stereocenters. The highest BCUT2D eigenvalue weighted by Crippen LogP contribution is 2.18. The third-order valence-electron chi connectivity index (χ3n) is 14.3. The van der Waals surface area contributed by atoms with Crippen molar-refractivity contribution in [2.75, 3.05) is 13.2 Å². The fraction of sp³-hybridized carbons (Fsp3) is 0.921. The number of hydrogen-bond donors (Lipinski definition) is 0. The summed E-state index contributed by atoms with van der Waals surface area (Å²) < 4.78 is 16.9. The molecule has 0 radical (unpaired) electrons. The first kappa shape index (κ1) is 67.1. The van der Waals surface area contributed by atoms with E-state index in [9.17, 15) is 14.4 Å². The maximum atomic E-state index is 12.8. The van der Waals surface area contributed by atoms with E-state index < -0.39 is 6.10 Å². The van der Waals surface area contributed by atoms with Gasteiger partial charge in [-0.3, -0.25) is 14.4 Å². The Morgan fingerprint density at radius 1 is 0.275 bits per heavy atom. The largest absolute Gasteiger partial charge is 0.462 e. The second-order valence-electron chi connectivity index (χ2n) is 21.3. The normalized spacial score (nSPS) is 12.0. The Bertz CT molecular complexity index is 1070. The van der Waals surface area contributed by atoms with Crippen LogP contribution in [0, 0.1) is 0 Å². The van der Waals surface area contributed by atoms with E-state index in [2.05, 4.69) is 32.9 Å². The SMILES string of the molecule is CCCCCCCC/C=C\CCCCCCCCCCCC(=O)OC[C@H](COC(=O)CCCCCCCCCCCCCCCCCCCCCCC)OC(=O)CCCCCCCCCCCCC. The van der Waals surface area contributed by atoms with Gasteiger partial charge in [0.1, 0.15) is 13.2 Å². The van der Waals surface area contributed by atoms with Gasteiger partial charge in [0.2, 0.25) is 0 Å².